The van der Waals surface area contributed by atoms with Crippen LogP contribution in [0.5, 0.6) is 11.6 Å². The van der Waals surface area contributed by atoms with Gasteiger partial charge in [0.2, 0.25) is 5.88 Å². The van der Waals surface area contributed by atoms with E-state index in [1.807, 2.05) is 27.0 Å². The number of carbonyl (C=O) groups excluding carboxylic acids is 1. The second-order valence-corrected chi connectivity index (χ2v) is 8.89. The molecule has 0 radical (unpaired) electrons. The summed E-state index contributed by atoms with van der Waals surface area (Å²) in [6.45, 7) is 6.35. The number of thioether (sulfide) groups is 1. The van der Waals surface area contributed by atoms with E-state index in [-0.39, 0.29) is 6.09 Å². The van der Waals surface area contributed by atoms with Gasteiger partial charge in [-0.2, -0.15) is 4.98 Å². The molecule has 1 amide bonds. The van der Waals surface area contributed by atoms with Gasteiger partial charge in [-0.15, -0.1) is 0 Å². The number of halogens is 2. The summed E-state index contributed by atoms with van der Waals surface area (Å²) >= 11 is 13.6. The molecule has 1 aromatic heterocycles. The summed E-state index contributed by atoms with van der Waals surface area (Å²) < 4.78 is 11.5. The largest absolute Gasteiger partial charge is 0.444 e. The smallest absolute Gasteiger partial charge is 0.410 e. The Morgan fingerprint density at radius 1 is 1.25 bits per heavy atom. The second-order valence-electron chi connectivity index (χ2n) is 7.27. The van der Waals surface area contributed by atoms with Gasteiger partial charge in [0.15, 0.2) is 5.16 Å². The summed E-state index contributed by atoms with van der Waals surface area (Å²) in [6, 6.07) is 4.99. The Balaban J connectivity index is 1.92. The average Bonchev–Trinajstić information content (AvgIpc) is 2.62. The summed E-state index contributed by atoms with van der Waals surface area (Å²) in [7, 11) is 0. The molecular formula is C19H21Cl2N3O3S. The minimum Gasteiger partial charge on any atom is -0.444 e. The molecule has 0 spiro atoms. The zero-order valence-corrected chi connectivity index (χ0v) is 18.4. The molecule has 9 heteroatoms. The highest BCUT2D eigenvalue weighted by atomic mass is 35.5. The van der Waals surface area contributed by atoms with Crippen LogP contribution in [-0.2, 0) is 17.7 Å². The molecule has 3 rings (SSSR count). The van der Waals surface area contributed by atoms with Gasteiger partial charge in [-0.1, -0.05) is 35.0 Å². The number of nitrogens with zero attached hydrogens (tertiary/aromatic N) is 3. The highest BCUT2D eigenvalue weighted by Crippen LogP contribution is 2.35. The van der Waals surface area contributed by atoms with Gasteiger partial charge in [0, 0.05) is 18.0 Å². The van der Waals surface area contributed by atoms with Crippen LogP contribution in [0.2, 0.25) is 10.0 Å². The fourth-order valence-corrected chi connectivity index (χ4v) is 3.51. The molecule has 0 saturated heterocycles. The zero-order chi connectivity index (χ0) is 20.5. The Kier molecular flexibility index (Phi) is 6.27. The van der Waals surface area contributed by atoms with E-state index in [4.69, 9.17) is 32.7 Å². The number of benzene rings is 1. The monoisotopic (exact) mass is 441 g/mol. The molecule has 150 valence electrons. The number of hydrogen-bond acceptors (Lipinski definition) is 6. The van der Waals surface area contributed by atoms with Crippen molar-refractivity contribution in [2.75, 3.05) is 12.8 Å². The highest BCUT2D eigenvalue weighted by molar-refractivity contribution is 7.98. The number of rotatable bonds is 3. The molecule has 0 fully saturated rings. The minimum atomic E-state index is -0.563. The molecule has 28 heavy (non-hydrogen) atoms. The van der Waals surface area contributed by atoms with Crippen molar-refractivity contribution in [2.45, 2.75) is 44.5 Å². The fraction of sp³-hybridized carbons (Fsp3) is 0.421. The van der Waals surface area contributed by atoms with E-state index >= 15 is 0 Å². The second kappa shape index (κ2) is 8.35. The lowest BCUT2D eigenvalue weighted by Gasteiger charge is -2.31. The predicted molar refractivity (Wildman–Crippen MR) is 111 cm³/mol. The summed E-state index contributed by atoms with van der Waals surface area (Å²) in [5, 5.41) is 1.50. The van der Waals surface area contributed by atoms with E-state index < -0.39 is 5.60 Å². The zero-order valence-electron chi connectivity index (χ0n) is 16.1. The first-order valence-electron chi connectivity index (χ1n) is 8.71. The van der Waals surface area contributed by atoms with Gasteiger partial charge in [0.25, 0.3) is 0 Å². The van der Waals surface area contributed by atoms with E-state index in [9.17, 15) is 4.79 Å². The first-order chi connectivity index (χ1) is 13.2. The van der Waals surface area contributed by atoms with Gasteiger partial charge < -0.3 is 14.4 Å². The average molecular weight is 442 g/mol. The van der Waals surface area contributed by atoms with Crippen LogP contribution in [0.1, 0.15) is 32.0 Å². The van der Waals surface area contributed by atoms with Gasteiger partial charge in [-0.05, 0) is 45.2 Å². The molecule has 1 aliphatic heterocycles. The van der Waals surface area contributed by atoms with E-state index in [1.165, 1.54) is 11.8 Å². The molecule has 0 bridgehead atoms. The van der Waals surface area contributed by atoms with Crippen LogP contribution >= 0.6 is 35.0 Å². The topological polar surface area (TPSA) is 64.6 Å². The van der Waals surface area contributed by atoms with Gasteiger partial charge in [0.1, 0.15) is 11.4 Å². The fourth-order valence-electron chi connectivity index (χ4n) is 2.68. The van der Waals surface area contributed by atoms with Gasteiger partial charge in [0.05, 0.1) is 22.8 Å². The van der Waals surface area contributed by atoms with Gasteiger partial charge in [-0.25, -0.2) is 9.78 Å². The number of aromatic nitrogens is 2. The van der Waals surface area contributed by atoms with E-state index in [0.29, 0.717) is 46.3 Å². The third-order valence-electron chi connectivity index (χ3n) is 3.94. The van der Waals surface area contributed by atoms with Gasteiger partial charge >= 0.3 is 6.09 Å². The Hall–Kier alpha value is -1.70. The van der Waals surface area contributed by atoms with E-state index in [2.05, 4.69) is 9.97 Å². The lowest BCUT2D eigenvalue weighted by molar-refractivity contribution is 0.0221. The molecule has 1 aromatic carbocycles. The number of carbonyl (C=O) groups is 1. The van der Waals surface area contributed by atoms with Crippen molar-refractivity contribution in [3.63, 3.8) is 0 Å². The first-order valence-corrected chi connectivity index (χ1v) is 10.7. The Bertz CT molecular complexity index is 903. The summed E-state index contributed by atoms with van der Waals surface area (Å²) in [6.07, 6.45) is 2.12. The maximum absolute atomic E-state index is 12.5. The Morgan fingerprint density at radius 2 is 2.00 bits per heavy atom. The molecule has 2 aromatic rings. The predicted octanol–water partition coefficient (Wildman–Crippen LogP) is 5.59. The maximum Gasteiger partial charge on any atom is 0.410 e. The first kappa shape index (κ1) is 21.0. The van der Waals surface area contributed by atoms with Crippen LogP contribution in [0.3, 0.4) is 0 Å². The van der Waals surface area contributed by atoms with Crippen molar-refractivity contribution < 1.29 is 14.3 Å². The standard InChI is InChI=1S/C19H21Cl2N3O3S/c1-19(2,3)27-18(25)24-8-7-14-12(10-24)16(23-17(22-14)28-4)26-15-6-5-11(20)9-13(15)21/h5-6,9H,7-8,10H2,1-4H3. The van der Waals surface area contributed by atoms with Gasteiger partial charge in [-0.3, -0.25) is 0 Å². The lowest BCUT2D eigenvalue weighted by Crippen LogP contribution is -2.40. The van der Waals surface area contributed by atoms with Crippen LogP contribution in [0.4, 0.5) is 4.79 Å². The van der Waals surface area contributed by atoms with Crippen molar-refractivity contribution in [2.24, 2.45) is 0 Å². The van der Waals surface area contributed by atoms with Crippen molar-refractivity contribution in [1.82, 2.24) is 14.9 Å². The maximum atomic E-state index is 12.5. The lowest BCUT2D eigenvalue weighted by atomic mass is 10.1. The molecule has 6 nitrogen and oxygen atoms in total. The Morgan fingerprint density at radius 3 is 2.64 bits per heavy atom. The molecule has 0 saturated carbocycles. The van der Waals surface area contributed by atoms with Crippen molar-refractivity contribution in [3.8, 4) is 11.6 Å². The quantitative estimate of drug-likeness (QED) is 0.456. The Labute approximate surface area is 178 Å². The van der Waals surface area contributed by atoms with E-state index in [1.54, 1.807) is 23.1 Å². The number of ether oxygens (including phenoxy) is 2. The van der Waals surface area contributed by atoms with Crippen LogP contribution < -0.4 is 4.74 Å². The summed E-state index contributed by atoms with van der Waals surface area (Å²) in [5.41, 5.74) is 1.05. The molecule has 0 N–H and O–H groups in total. The number of amides is 1. The SMILES string of the molecule is CSc1nc2c(c(Oc3ccc(Cl)cc3Cl)n1)CN(C(=O)OC(C)(C)C)CC2. The van der Waals surface area contributed by atoms with E-state index in [0.717, 1.165) is 11.3 Å². The molecule has 2 heterocycles. The third-order valence-corrected chi connectivity index (χ3v) is 5.01. The minimum absolute atomic E-state index is 0.305. The number of fused-ring (bicyclic) bond motifs is 1. The molecule has 0 unspecified atom stereocenters. The molecule has 1 aliphatic rings. The van der Waals surface area contributed by atoms with Crippen molar-refractivity contribution in [1.29, 1.82) is 0 Å². The molecular weight excluding hydrogens is 421 g/mol. The molecule has 0 aliphatic carbocycles. The highest BCUT2D eigenvalue weighted by Gasteiger charge is 2.29. The summed E-state index contributed by atoms with van der Waals surface area (Å²) in [4.78, 5) is 23.2. The van der Waals surface area contributed by atoms with Crippen LogP contribution in [-0.4, -0.2) is 39.4 Å². The number of hydrogen-bond donors (Lipinski definition) is 0. The van der Waals surface area contributed by atoms with Crippen LogP contribution in [0.15, 0.2) is 23.4 Å². The van der Waals surface area contributed by atoms with Crippen molar-refractivity contribution in [3.05, 3.63) is 39.5 Å². The van der Waals surface area contributed by atoms with Crippen LogP contribution in [0.25, 0.3) is 0 Å². The summed E-state index contributed by atoms with van der Waals surface area (Å²) in [5.74, 6) is 0.820. The van der Waals surface area contributed by atoms with Crippen LogP contribution in [0, 0.1) is 0 Å². The third kappa shape index (κ3) is 5.01. The van der Waals surface area contributed by atoms with Crippen molar-refractivity contribution >= 4 is 41.1 Å². The molecule has 0 atom stereocenters. The normalized spacial score (nSPS) is 13.9.